The van der Waals surface area contributed by atoms with E-state index in [1.807, 2.05) is 23.3 Å². The lowest BCUT2D eigenvalue weighted by Gasteiger charge is -2.33. The predicted molar refractivity (Wildman–Crippen MR) is 112 cm³/mol. The van der Waals surface area contributed by atoms with Crippen molar-refractivity contribution in [1.82, 2.24) is 14.5 Å². The summed E-state index contributed by atoms with van der Waals surface area (Å²) in [6, 6.07) is 9.66. The first-order valence-corrected chi connectivity index (χ1v) is 10.6. The summed E-state index contributed by atoms with van der Waals surface area (Å²) in [6.07, 6.45) is 3.43. The van der Waals surface area contributed by atoms with Crippen LogP contribution in [0.5, 0.6) is 0 Å². The van der Waals surface area contributed by atoms with Crippen LogP contribution in [-0.2, 0) is 25.4 Å². The molecule has 2 aromatic rings. The Kier molecular flexibility index (Phi) is 6.28. The minimum atomic E-state index is -0.338. The molecule has 1 aliphatic heterocycles. The van der Waals surface area contributed by atoms with Crippen molar-refractivity contribution in [2.45, 2.75) is 24.3 Å². The van der Waals surface area contributed by atoms with Crippen LogP contribution in [0.4, 0.5) is 5.82 Å². The molecule has 0 spiro atoms. The van der Waals surface area contributed by atoms with Gasteiger partial charge in [0.2, 0.25) is 5.91 Å². The zero-order chi connectivity index (χ0) is 20.3. The zero-order valence-corrected chi connectivity index (χ0v) is 17.3. The van der Waals surface area contributed by atoms with Crippen molar-refractivity contribution < 1.29 is 4.79 Å². The van der Waals surface area contributed by atoms with Crippen LogP contribution in [-0.4, -0.2) is 34.4 Å². The average Bonchev–Trinajstić information content (AvgIpc) is 2.73. The monoisotopic (exact) mass is 402 g/mol. The number of nitrogens with one attached hydrogen (secondary N) is 1. The van der Waals surface area contributed by atoms with Crippen molar-refractivity contribution in [3.63, 3.8) is 0 Å². The normalized spacial score (nSPS) is 14.9. The molecule has 1 aliphatic rings. The van der Waals surface area contributed by atoms with Gasteiger partial charge >= 0.3 is 5.69 Å². The van der Waals surface area contributed by atoms with Crippen LogP contribution in [0.15, 0.2) is 44.8 Å². The summed E-state index contributed by atoms with van der Waals surface area (Å²) in [7, 11) is 3.14. The number of aromatic nitrogens is 2. The van der Waals surface area contributed by atoms with Gasteiger partial charge in [-0.2, -0.15) is 0 Å². The number of hydrogen-bond donors (Lipinski definition) is 1. The van der Waals surface area contributed by atoms with Gasteiger partial charge in [0.25, 0.3) is 5.56 Å². The number of carbonyl (C=O) groups is 1. The molecule has 0 bridgehead atoms. The first kappa shape index (κ1) is 20.3. The number of benzene rings is 1. The second kappa shape index (κ2) is 8.68. The van der Waals surface area contributed by atoms with Crippen molar-refractivity contribution in [2.24, 2.45) is 20.0 Å². The van der Waals surface area contributed by atoms with Gasteiger partial charge in [0.15, 0.2) is 0 Å². The van der Waals surface area contributed by atoms with Gasteiger partial charge in [-0.05, 0) is 36.8 Å². The summed E-state index contributed by atoms with van der Waals surface area (Å²) in [6.45, 7) is 1.80. The highest BCUT2D eigenvalue weighted by Crippen LogP contribution is 2.22. The Morgan fingerprint density at radius 2 is 1.75 bits per heavy atom. The summed E-state index contributed by atoms with van der Waals surface area (Å²) >= 11 is 1.69. The van der Waals surface area contributed by atoms with Gasteiger partial charge in [0.05, 0.1) is 0 Å². The van der Waals surface area contributed by atoms with E-state index < -0.39 is 0 Å². The fourth-order valence-electron chi connectivity index (χ4n) is 3.47. The van der Waals surface area contributed by atoms with Crippen molar-refractivity contribution in [3.8, 4) is 0 Å². The molecule has 150 valence electrons. The van der Waals surface area contributed by atoms with Crippen molar-refractivity contribution >= 4 is 23.5 Å². The van der Waals surface area contributed by atoms with Gasteiger partial charge in [0.1, 0.15) is 5.82 Å². The topological polar surface area (TPSA) is 76.3 Å². The fraction of sp³-hybridized carbons (Fsp3) is 0.450. The molecule has 8 heteroatoms. The maximum absolute atomic E-state index is 12.5. The maximum Gasteiger partial charge on any atom is 0.332 e. The van der Waals surface area contributed by atoms with E-state index in [9.17, 15) is 14.4 Å². The van der Waals surface area contributed by atoms with Gasteiger partial charge in [-0.15, -0.1) is 11.8 Å². The summed E-state index contributed by atoms with van der Waals surface area (Å²) in [5, 5.41) is 3.03. The second-order valence-corrected chi connectivity index (χ2v) is 7.95. The van der Waals surface area contributed by atoms with Crippen molar-refractivity contribution in [1.29, 1.82) is 0 Å². The fourth-order valence-corrected chi connectivity index (χ4v) is 3.88. The van der Waals surface area contributed by atoms with Gasteiger partial charge in [-0.3, -0.25) is 18.7 Å². The van der Waals surface area contributed by atoms with E-state index in [1.54, 1.807) is 18.8 Å². The minimum Gasteiger partial charge on any atom is -0.358 e. The summed E-state index contributed by atoms with van der Waals surface area (Å²) < 4.78 is 2.58. The Balaban J connectivity index is 1.57. The van der Waals surface area contributed by atoms with Gasteiger partial charge in [-0.25, -0.2) is 4.79 Å². The molecule has 28 heavy (non-hydrogen) atoms. The molecule has 0 atom stereocenters. The molecule has 1 N–H and O–H groups in total. The zero-order valence-electron chi connectivity index (χ0n) is 16.5. The van der Waals surface area contributed by atoms with Crippen LogP contribution in [0.25, 0.3) is 0 Å². The van der Waals surface area contributed by atoms with Crippen LogP contribution in [0.1, 0.15) is 18.4 Å². The third-order valence-corrected chi connectivity index (χ3v) is 6.06. The SMILES string of the molecule is CSc1ccc(CNC(=O)C2CCN(c3cc(=O)n(C)c(=O)n3C)CC2)cc1. The van der Waals surface area contributed by atoms with E-state index in [2.05, 4.69) is 17.4 Å². The van der Waals surface area contributed by atoms with E-state index in [1.165, 1.54) is 22.6 Å². The van der Waals surface area contributed by atoms with Gasteiger partial charge in [0, 0.05) is 50.6 Å². The number of nitrogens with zero attached hydrogens (tertiary/aromatic N) is 3. The first-order valence-electron chi connectivity index (χ1n) is 9.33. The summed E-state index contributed by atoms with van der Waals surface area (Å²) in [5.41, 5.74) is 0.430. The van der Waals surface area contributed by atoms with Gasteiger partial charge < -0.3 is 10.2 Å². The Bertz CT molecular complexity index is 957. The van der Waals surface area contributed by atoms with E-state index in [0.29, 0.717) is 38.3 Å². The molecule has 1 fully saturated rings. The highest BCUT2D eigenvalue weighted by molar-refractivity contribution is 7.98. The molecule has 1 aromatic carbocycles. The molecular formula is C20H26N4O3S. The predicted octanol–water partition coefficient (Wildman–Crippen LogP) is 1.34. The Morgan fingerprint density at radius 1 is 1.11 bits per heavy atom. The lowest BCUT2D eigenvalue weighted by molar-refractivity contribution is -0.125. The first-order chi connectivity index (χ1) is 13.4. The van der Waals surface area contributed by atoms with Crippen LogP contribution in [0, 0.1) is 5.92 Å². The van der Waals surface area contributed by atoms with E-state index in [4.69, 9.17) is 0 Å². The molecule has 2 heterocycles. The van der Waals surface area contributed by atoms with Crippen LogP contribution in [0.3, 0.4) is 0 Å². The third kappa shape index (κ3) is 4.32. The number of thioether (sulfide) groups is 1. The number of rotatable bonds is 5. The smallest absolute Gasteiger partial charge is 0.332 e. The number of amides is 1. The number of carbonyl (C=O) groups excluding carboxylic acids is 1. The third-order valence-electron chi connectivity index (χ3n) is 5.32. The Labute approximate surface area is 168 Å². The molecule has 0 unspecified atom stereocenters. The van der Waals surface area contributed by atoms with Crippen molar-refractivity contribution in [3.05, 3.63) is 56.7 Å². The molecule has 0 aliphatic carbocycles. The lowest BCUT2D eigenvalue weighted by atomic mass is 9.96. The number of anilines is 1. The standard InChI is InChI=1S/C20H26N4O3S/c1-22-17(12-18(25)23(2)20(22)27)24-10-8-15(9-11-24)19(26)21-13-14-4-6-16(28-3)7-5-14/h4-7,12,15H,8-11,13H2,1-3H3,(H,21,26). The minimum absolute atomic E-state index is 0.0507. The summed E-state index contributed by atoms with van der Waals surface area (Å²) in [4.78, 5) is 39.8. The molecule has 1 aromatic heterocycles. The Morgan fingerprint density at radius 3 is 2.36 bits per heavy atom. The largest absolute Gasteiger partial charge is 0.358 e. The molecule has 1 amide bonds. The van der Waals surface area contributed by atoms with Gasteiger partial charge in [-0.1, -0.05) is 12.1 Å². The van der Waals surface area contributed by atoms with Crippen LogP contribution in [0.2, 0.25) is 0 Å². The lowest BCUT2D eigenvalue weighted by Crippen LogP contribution is -2.44. The number of piperidine rings is 1. The second-order valence-electron chi connectivity index (χ2n) is 7.07. The molecule has 7 nitrogen and oxygen atoms in total. The quantitative estimate of drug-likeness (QED) is 0.764. The van der Waals surface area contributed by atoms with E-state index >= 15 is 0 Å². The van der Waals surface area contributed by atoms with Crippen molar-refractivity contribution in [2.75, 3.05) is 24.2 Å². The highest BCUT2D eigenvalue weighted by Gasteiger charge is 2.26. The molecule has 0 saturated carbocycles. The Hall–Kier alpha value is -2.48. The van der Waals surface area contributed by atoms with E-state index in [-0.39, 0.29) is 23.1 Å². The molecule has 3 rings (SSSR count). The molecular weight excluding hydrogens is 376 g/mol. The van der Waals surface area contributed by atoms with E-state index in [0.717, 1.165) is 10.1 Å². The molecule has 0 radical (unpaired) electrons. The molecule has 1 saturated heterocycles. The highest BCUT2D eigenvalue weighted by atomic mass is 32.2. The summed E-state index contributed by atoms with van der Waals surface area (Å²) in [5.74, 6) is 0.623. The van der Waals surface area contributed by atoms with Crippen LogP contribution < -0.4 is 21.5 Å². The van der Waals surface area contributed by atoms with Crippen LogP contribution >= 0.6 is 11.8 Å². The average molecular weight is 403 g/mol. The maximum atomic E-state index is 12.5. The number of hydrogen-bond acceptors (Lipinski definition) is 5.